The third-order valence-corrected chi connectivity index (χ3v) is 7.21. The van der Waals surface area contributed by atoms with Crippen LogP contribution in [-0.2, 0) is 4.79 Å². The van der Waals surface area contributed by atoms with Gasteiger partial charge < -0.3 is 5.32 Å². The number of fused-ring (bicyclic) bond motifs is 1. The van der Waals surface area contributed by atoms with Gasteiger partial charge in [-0.2, -0.15) is 0 Å². The molecular weight excluding hydrogens is 501 g/mol. The molecule has 1 aliphatic heterocycles. The molecule has 174 valence electrons. The highest BCUT2D eigenvalue weighted by Crippen LogP contribution is 2.30. The number of amides is 1. The zero-order valence-corrected chi connectivity index (χ0v) is 20.9. The number of hydrogen-bond acceptors (Lipinski definition) is 4. The van der Waals surface area contributed by atoms with Crippen molar-refractivity contribution in [1.29, 1.82) is 0 Å². The number of aromatic nitrogens is 1. The number of para-hydroxylation sites is 1. The fourth-order valence-electron chi connectivity index (χ4n) is 4.04. The van der Waals surface area contributed by atoms with Crippen LogP contribution >= 0.6 is 34.5 Å². The normalized spacial score (nSPS) is 15.5. The Hall–Kier alpha value is -3.45. The SMILES string of the molecule is CC1=C(C(=O)Nc2ccccc2)C(c2ccccc2)n2c(sc(=Cc3ccc(Cl)cc3Cl)c2=O)=N1. The Kier molecular flexibility index (Phi) is 6.43. The third kappa shape index (κ3) is 4.60. The monoisotopic (exact) mass is 519 g/mol. The summed E-state index contributed by atoms with van der Waals surface area (Å²) in [5.74, 6) is -0.304. The van der Waals surface area contributed by atoms with Gasteiger partial charge in [-0.3, -0.25) is 14.2 Å². The van der Waals surface area contributed by atoms with Crippen LogP contribution < -0.4 is 20.2 Å². The molecule has 0 spiro atoms. The highest BCUT2D eigenvalue weighted by Gasteiger charge is 2.32. The van der Waals surface area contributed by atoms with E-state index in [0.717, 1.165) is 5.56 Å². The van der Waals surface area contributed by atoms with Crippen molar-refractivity contribution in [3.63, 3.8) is 0 Å². The molecule has 1 aliphatic rings. The number of nitrogens with zero attached hydrogens (tertiary/aromatic N) is 2. The Labute approximate surface area is 215 Å². The smallest absolute Gasteiger partial charge is 0.271 e. The van der Waals surface area contributed by atoms with Crippen LogP contribution in [-0.4, -0.2) is 10.5 Å². The standard InChI is InChI=1S/C27H19Cl2N3O2S/c1-16-23(25(33)31-20-10-6-3-7-11-20)24(17-8-4-2-5-9-17)32-26(34)22(35-27(32)30-16)14-18-12-13-19(28)15-21(18)29/h2-15,24H,1H3,(H,31,33). The van der Waals surface area contributed by atoms with Gasteiger partial charge in [0.25, 0.3) is 11.5 Å². The van der Waals surface area contributed by atoms with Crippen LogP contribution in [0.1, 0.15) is 24.1 Å². The first-order valence-corrected chi connectivity index (χ1v) is 12.4. The van der Waals surface area contributed by atoms with Crippen LogP contribution in [0.3, 0.4) is 0 Å². The number of thiazole rings is 1. The largest absolute Gasteiger partial charge is 0.322 e. The van der Waals surface area contributed by atoms with Gasteiger partial charge in [-0.25, -0.2) is 4.99 Å². The molecule has 8 heteroatoms. The zero-order valence-electron chi connectivity index (χ0n) is 18.5. The molecule has 1 N–H and O–H groups in total. The van der Waals surface area contributed by atoms with Crippen LogP contribution in [0.4, 0.5) is 5.69 Å². The molecule has 0 aliphatic carbocycles. The Morgan fingerprint density at radius 3 is 2.40 bits per heavy atom. The Balaban J connectivity index is 1.68. The predicted molar refractivity (Wildman–Crippen MR) is 142 cm³/mol. The van der Waals surface area contributed by atoms with E-state index in [2.05, 4.69) is 10.3 Å². The van der Waals surface area contributed by atoms with Crippen molar-refractivity contribution in [1.82, 2.24) is 4.57 Å². The highest BCUT2D eigenvalue weighted by atomic mass is 35.5. The van der Waals surface area contributed by atoms with Crippen molar-refractivity contribution in [2.24, 2.45) is 4.99 Å². The second kappa shape index (κ2) is 9.66. The fourth-order valence-corrected chi connectivity index (χ4v) is 5.54. The number of allylic oxidation sites excluding steroid dienone is 1. The van der Waals surface area contributed by atoms with Gasteiger partial charge in [0.1, 0.15) is 0 Å². The zero-order chi connectivity index (χ0) is 24.5. The van der Waals surface area contributed by atoms with Gasteiger partial charge in [-0.1, -0.05) is 89.1 Å². The minimum absolute atomic E-state index is 0.244. The molecule has 5 rings (SSSR count). The molecule has 0 radical (unpaired) electrons. The van der Waals surface area contributed by atoms with Crippen molar-refractivity contribution in [2.75, 3.05) is 5.32 Å². The van der Waals surface area contributed by atoms with Crippen molar-refractivity contribution >= 4 is 52.2 Å². The number of hydrogen-bond donors (Lipinski definition) is 1. The van der Waals surface area contributed by atoms with E-state index >= 15 is 0 Å². The average molecular weight is 520 g/mol. The van der Waals surface area contributed by atoms with E-state index in [4.69, 9.17) is 23.2 Å². The molecule has 0 bridgehead atoms. The fraction of sp³-hybridized carbons (Fsp3) is 0.0741. The van der Waals surface area contributed by atoms with Crippen LogP contribution in [0.15, 0.2) is 99.9 Å². The molecule has 5 nitrogen and oxygen atoms in total. The quantitative estimate of drug-likeness (QED) is 0.403. The molecule has 1 amide bonds. The first-order valence-electron chi connectivity index (χ1n) is 10.8. The number of benzene rings is 3. The Morgan fingerprint density at radius 2 is 1.71 bits per heavy atom. The summed E-state index contributed by atoms with van der Waals surface area (Å²) in [5.41, 5.74) is 2.89. The molecule has 1 atom stereocenters. The summed E-state index contributed by atoms with van der Waals surface area (Å²) in [6.07, 6.45) is 1.73. The molecule has 0 saturated carbocycles. The van der Waals surface area contributed by atoms with Crippen molar-refractivity contribution in [2.45, 2.75) is 13.0 Å². The van der Waals surface area contributed by atoms with E-state index in [9.17, 15) is 9.59 Å². The van der Waals surface area contributed by atoms with Gasteiger partial charge in [0.05, 0.1) is 21.8 Å². The molecule has 4 aromatic rings. The molecule has 3 aromatic carbocycles. The minimum Gasteiger partial charge on any atom is -0.322 e. The Morgan fingerprint density at radius 1 is 1.03 bits per heavy atom. The van der Waals surface area contributed by atoms with Crippen molar-refractivity contribution in [3.8, 4) is 0 Å². The molecule has 1 unspecified atom stereocenters. The first kappa shape index (κ1) is 23.3. The van der Waals surface area contributed by atoms with Crippen LogP contribution in [0, 0.1) is 0 Å². The Bertz CT molecular complexity index is 1640. The summed E-state index contributed by atoms with van der Waals surface area (Å²) < 4.78 is 2.05. The summed E-state index contributed by atoms with van der Waals surface area (Å²) >= 11 is 13.6. The molecule has 35 heavy (non-hydrogen) atoms. The van der Waals surface area contributed by atoms with E-state index in [1.54, 1.807) is 35.8 Å². The average Bonchev–Trinajstić information content (AvgIpc) is 3.15. The number of nitrogens with one attached hydrogen (secondary N) is 1. The number of halogens is 2. The van der Waals surface area contributed by atoms with Crippen molar-refractivity contribution in [3.05, 3.63) is 131 Å². The maximum Gasteiger partial charge on any atom is 0.271 e. The van der Waals surface area contributed by atoms with E-state index in [1.807, 2.05) is 60.7 Å². The lowest BCUT2D eigenvalue weighted by atomic mass is 9.95. The lowest BCUT2D eigenvalue weighted by molar-refractivity contribution is -0.113. The van der Waals surface area contributed by atoms with Gasteiger partial charge in [0.2, 0.25) is 0 Å². The summed E-state index contributed by atoms with van der Waals surface area (Å²) in [6, 6.07) is 23.2. The maximum atomic E-state index is 13.7. The van der Waals surface area contributed by atoms with Gasteiger partial charge in [-0.15, -0.1) is 0 Å². The van der Waals surface area contributed by atoms with Crippen molar-refractivity contribution < 1.29 is 4.79 Å². The van der Waals surface area contributed by atoms with Gasteiger partial charge in [0.15, 0.2) is 4.80 Å². The van der Waals surface area contributed by atoms with E-state index in [1.165, 1.54) is 11.3 Å². The lowest BCUT2D eigenvalue weighted by Crippen LogP contribution is -2.40. The van der Waals surface area contributed by atoms with Crippen LogP contribution in [0.25, 0.3) is 6.08 Å². The van der Waals surface area contributed by atoms with E-state index in [0.29, 0.717) is 41.9 Å². The number of carbonyl (C=O) groups excluding carboxylic acids is 1. The molecule has 2 heterocycles. The van der Waals surface area contributed by atoms with Gasteiger partial charge in [-0.05, 0) is 48.4 Å². The second-order valence-electron chi connectivity index (χ2n) is 7.98. The number of rotatable bonds is 4. The number of carbonyl (C=O) groups is 1. The molecular formula is C27H19Cl2N3O2S. The second-order valence-corrected chi connectivity index (χ2v) is 9.83. The van der Waals surface area contributed by atoms with Gasteiger partial charge >= 0.3 is 0 Å². The third-order valence-electron chi connectivity index (χ3n) is 5.66. The van der Waals surface area contributed by atoms with E-state index < -0.39 is 6.04 Å². The minimum atomic E-state index is -0.626. The number of anilines is 1. The first-order chi connectivity index (χ1) is 16.9. The lowest BCUT2D eigenvalue weighted by Gasteiger charge is -2.25. The highest BCUT2D eigenvalue weighted by molar-refractivity contribution is 7.07. The molecule has 0 fully saturated rings. The maximum absolute atomic E-state index is 13.7. The van der Waals surface area contributed by atoms with Gasteiger partial charge in [0, 0.05) is 15.7 Å². The topological polar surface area (TPSA) is 63.5 Å². The summed E-state index contributed by atoms with van der Waals surface area (Å²) in [7, 11) is 0. The summed E-state index contributed by atoms with van der Waals surface area (Å²) in [6.45, 7) is 1.79. The van der Waals surface area contributed by atoms with E-state index in [-0.39, 0.29) is 11.5 Å². The van der Waals surface area contributed by atoms with Crippen LogP contribution in [0.5, 0.6) is 0 Å². The summed E-state index contributed by atoms with van der Waals surface area (Å²) in [4.78, 5) is 32.3. The molecule has 0 saturated heterocycles. The molecule has 1 aromatic heterocycles. The summed E-state index contributed by atoms with van der Waals surface area (Å²) in [5, 5.41) is 3.91. The predicted octanol–water partition coefficient (Wildman–Crippen LogP) is 5.18. The van der Waals surface area contributed by atoms with Crippen LogP contribution in [0.2, 0.25) is 10.0 Å².